The Balaban J connectivity index is 3.57. The number of rotatable bonds is 5. The lowest BCUT2D eigenvalue weighted by molar-refractivity contribution is -0.144. The maximum absolute atomic E-state index is 11.1. The Morgan fingerprint density at radius 3 is 2.50 bits per heavy atom. The normalized spacial score (nSPS) is 13.1. The Kier molecular flexibility index (Phi) is 6.25. The van der Waals surface area contributed by atoms with Crippen LogP contribution >= 0.6 is 12.6 Å². The van der Waals surface area contributed by atoms with Crippen LogP contribution in [0.4, 0.5) is 0 Å². The molecule has 0 N–H and O–H groups in total. The highest BCUT2D eigenvalue weighted by Crippen LogP contribution is 2.07. The second-order valence-corrected chi connectivity index (χ2v) is 3.95. The van der Waals surface area contributed by atoms with Gasteiger partial charge in [-0.1, -0.05) is 27.2 Å². The van der Waals surface area contributed by atoms with Gasteiger partial charge in [-0.3, -0.25) is 4.79 Å². The molecule has 1 unspecified atom stereocenters. The lowest BCUT2D eigenvalue weighted by atomic mass is 10.2. The monoisotopic (exact) mass is 190 g/mol. The molecule has 0 saturated carbocycles. The summed E-state index contributed by atoms with van der Waals surface area (Å²) in [5.74, 6) is 0.213. The van der Waals surface area contributed by atoms with Gasteiger partial charge in [0, 0.05) is 0 Å². The van der Waals surface area contributed by atoms with Crippen molar-refractivity contribution in [2.24, 2.45) is 5.92 Å². The predicted octanol–water partition coefficient (Wildman–Crippen LogP) is 2.28. The van der Waals surface area contributed by atoms with Gasteiger partial charge in [0.2, 0.25) is 0 Å². The molecule has 0 bridgehead atoms. The molecule has 0 aromatic rings. The van der Waals surface area contributed by atoms with Gasteiger partial charge in [-0.25, -0.2) is 0 Å². The first-order valence-electron chi connectivity index (χ1n) is 4.42. The topological polar surface area (TPSA) is 26.3 Å². The Morgan fingerprint density at radius 2 is 2.08 bits per heavy atom. The smallest absolute Gasteiger partial charge is 0.318 e. The molecule has 0 aromatic carbocycles. The molecule has 0 fully saturated rings. The Bertz CT molecular complexity index is 134. The van der Waals surface area contributed by atoms with E-state index in [1.54, 1.807) is 0 Å². The van der Waals surface area contributed by atoms with E-state index in [0.29, 0.717) is 12.5 Å². The van der Waals surface area contributed by atoms with E-state index in [-0.39, 0.29) is 11.2 Å². The third-order valence-corrected chi connectivity index (χ3v) is 1.86. The molecule has 12 heavy (non-hydrogen) atoms. The highest BCUT2D eigenvalue weighted by Gasteiger charge is 2.14. The van der Waals surface area contributed by atoms with Gasteiger partial charge in [0.1, 0.15) is 0 Å². The van der Waals surface area contributed by atoms with E-state index in [1.807, 2.05) is 20.8 Å². The van der Waals surface area contributed by atoms with Crippen molar-refractivity contribution in [3.8, 4) is 0 Å². The first kappa shape index (κ1) is 11.8. The fraction of sp³-hybridized carbons (Fsp3) is 0.889. The summed E-state index contributed by atoms with van der Waals surface area (Å²) in [4.78, 5) is 11.1. The number of esters is 1. The van der Waals surface area contributed by atoms with Gasteiger partial charge in [0.05, 0.1) is 11.9 Å². The van der Waals surface area contributed by atoms with Crippen molar-refractivity contribution in [2.75, 3.05) is 6.61 Å². The zero-order valence-electron chi connectivity index (χ0n) is 8.04. The highest BCUT2D eigenvalue weighted by molar-refractivity contribution is 7.81. The van der Waals surface area contributed by atoms with Crippen molar-refractivity contribution in [3.05, 3.63) is 0 Å². The van der Waals surface area contributed by atoms with Crippen LogP contribution in [-0.2, 0) is 9.53 Å². The molecular formula is C9H18O2S. The molecule has 2 nitrogen and oxygen atoms in total. The minimum Gasteiger partial charge on any atom is -0.465 e. The Hall–Kier alpha value is -0.180. The third kappa shape index (κ3) is 5.47. The van der Waals surface area contributed by atoms with Crippen LogP contribution in [-0.4, -0.2) is 17.8 Å². The fourth-order valence-corrected chi connectivity index (χ4v) is 1.07. The van der Waals surface area contributed by atoms with Gasteiger partial charge in [0.25, 0.3) is 0 Å². The number of ether oxygens (including phenoxy) is 1. The quantitative estimate of drug-likeness (QED) is 0.532. The van der Waals surface area contributed by atoms with Gasteiger partial charge < -0.3 is 4.74 Å². The number of hydrogen-bond acceptors (Lipinski definition) is 3. The van der Waals surface area contributed by atoms with Crippen molar-refractivity contribution in [1.82, 2.24) is 0 Å². The van der Waals surface area contributed by atoms with E-state index in [2.05, 4.69) is 12.6 Å². The lowest BCUT2D eigenvalue weighted by Gasteiger charge is -2.10. The summed E-state index contributed by atoms with van der Waals surface area (Å²) in [6, 6.07) is 0. The molecule has 72 valence electrons. The summed E-state index contributed by atoms with van der Waals surface area (Å²) >= 11 is 4.13. The molecule has 0 aromatic heterocycles. The van der Waals surface area contributed by atoms with E-state index >= 15 is 0 Å². The van der Waals surface area contributed by atoms with Crippen LogP contribution in [0.15, 0.2) is 0 Å². The average molecular weight is 190 g/mol. The molecule has 0 heterocycles. The van der Waals surface area contributed by atoms with Crippen LogP contribution in [0, 0.1) is 5.92 Å². The van der Waals surface area contributed by atoms with E-state index in [0.717, 1.165) is 12.8 Å². The first-order valence-corrected chi connectivity index (χ1v) is 4.94. The fourth-order valence-electron chi connectivity index (χ4n) is 0.736. The van der Waals surface area contributed by atoms with Crippen molar-refractivity contribution in [1.29, 1.82) is 0 Å². The minimum absolute atomic E-state index is 0.186. The Labute approximate surface area is 80.1 Å². The van der Waals surface area contributed by atoms with Gasteiger partial charge in [-0.15, -0.1) is 0 Å². The minimum atomic E-state index is -0.242. The van der Waals surface area contributed by atoms with Crippen molar-refractivity contribution in [2.45, 2.75) is 38.9 Å². The van der Waals surface area contributed by atoms with Crippen LogP contribution in [0.1, 0.15) is 33.6 Å². The number of thiol groups is 1. The lowest BCUT2D eigenvalue weighted by Crippen LogP contribution is -2.19. The second kappa shape index (κ2) is 6.35. The van der Waals surface area contributed by atoms with Crippen LogP contribution in [0.3, 0.4) is 0 Å². The third-order valence-electron chi connectivity index (χ3n) is 1.39. The van der Waals surface area contributed by atoms with Gasteiger partial charge in [-0.2, -0.15) is 12.6 Å². The molecule has 3 heteroatoms. The molecule has 0 aliphatic heterocycles. The van der Waals surface area contributed by atoms with E-state index in [1.165, 1.54) is 0 Å². The average Bonchev–Trinajstić information content (AvgIpc) is 2.00. The zero-order chi connectivity index (χ0) is 9.56. The van der Waals surface area contributed by atoms with Gasteiger partial charge in [-0.05, 0) is 12.3 Å². The van der Waals surface area contributed by atoms with Gasteiger partial charge >= 0.3 is 5.97 Å². The molecule has 0 spiro atoms. The SMILES string of the molecule is CCCC(S)C(=O)OCC(C)C. The zero-order valence-corrected chi connectivity index (χ0v) is 8.93. The Morgan fingerprint density at radius 1 is 1.50 bits per heavy atom. The van der Waals surface area contributed by atoms with Crippen LogP contribution in [0.2, 0.25) is 0 Å². The molecule has 0 radical (unpaired) electrons. The van der Waals surface area contributed by atoms with E-state index in [9.17, 15) is 4.79 Å². The molecule has 1 atom stereocenters. The predicted molar refractivity (Wildman–Crippen MR) is 53.5 cm³/mol. The number of hydrogen-bond donors (Lipinski definition) is 1. The maximum Gasteiger partial charge on any atom is 0.318 e. The molecule has 0 rings (SSSR count). The molecule has 0 amide bonds. The summed E-state index contributed by atoms with van der Waals surface area (Å²) in [7, 11) is 0. The highest BCUT2D eigenvalue weighted by atomic mass is 32.1. The number of carbonyl (C=O) groups excluding carboxylic acids is 1. The van der Waals surface area contributed by atoms with Crippen molar-refractivity contribution < 1.29 is 9.53 Å². The molecular weight excluding hydrogens is 172 g/mol. The van der Waals surface area contributed by atoms with Gasteiger partial charge in [0.15, 0.2) is 0 Å². The summed E-state index contributed by atoms with van der Waals surface area (Å²) in [5.41, 5.74) is 0. The maximum atomic E-state index is 11.1. The second-order valence-electron chi connectivity index (χ2n) is 3.33. The molecule has 0 aliphatic rings. The standard InChI is InChI=1S/C9H18O2S/c1-4-5-8(12)9(10)11-6-7(2)3/h7-8,12H,4-6H2,1-3H3. The summed E-state index contributed by atoms with van der Waals surface area (Å²) < 4.78 is 5.00. The van der Waals surface area contributed by atoms with Crippen LogP contribution < -0.4 is 0 Å². The summed E-state index contributed by atoms with van der Waals surface area (Å²) in [5, 5.41) is -0.242. The molecule has 0 aliphatic carbocycles. The number of carbonyl (C=O) groups is 1. The molecule has 0 saturated heterocycles. The summed E-state index contributed by atoms with van der Waals surface area (Å²) in [6.45, 7) is 6.56. The van der Waals surface area contributed by atoms with Crippen LogP contribution in [0.5, 0.6) is 0 Å². The van der Waals surface area contributed by atoms with Crippen molar-refractivity contribution in [3.63, 3.8) is 0 Å². The summed E-state index contributed by atoms with van der Waals surface area (Å²) in [6.07, 6.45) is 1.75. The van der Waals surface area contributed by atoms with E-state index < -0.39 is 0 Å². The van der Waals surface area contributed by atoms with Crippen molar-refractivity contribution >= 4 is 18.6 Å². The largest absolute Gasteiger partial charge is 0.465 e. The first-order chi connectivity index (χ1) is 5.57. The van der Waals surface area contributed by atoms with Crippen LogP contribution in [0.25, 0.3) is 0 Å². The van der Waals surface area contributed by atoms with E-state index in [4.69, 9.17) is 4.74 Å².